The second kappa shape index (κ2) is 3.51. The highest BCUT2D eigenvalue weighted by Gasteiger charge is 2.31. The standard InChI is InChI=1S/C11H17NO/c1-5-11(3,4)12-7-6-10(13)9(2)8-12/h1,9H,6-8H2,2-4H3. The van der Waals surface area contributed by atoms with Gasteiger partial charge in [0.25, 0.3) is 0 Å². The highest BCUT2D eigenvalue weighted by Crippen LogP contribution is 2.20. The van der Waals surface area contributed by atoms with Crippen LogP contribution in [0.25, 0.3) is 0 Å². The van der Waals surface area contributed by atoms with Gasteiger partial charge in [0.2, 0.25) is 0 Å². The number of likely N-dealkylation sites (tertiary alicyclic amines) is 1. The van der Waals surface area contributed by atoms with Gasteiger partial charge in [-0.25, -0.2) is 0 Å². The lowest BCUT2D eigenvalue weighted by atomic mass is 9.93. The van der Waals surface area contributed by atoms with Crippen molar-refractivity contribution in [3.8, 4) is 12.3 Å². The van der Waals surface area contributed by atoms with Crippen LogP contribution in [0.4, 0.5) is 0 Å². The number of hydrogen-bond donors (Lipinski definition) is 0. The molecule has 0 radical (unpaired) electrons. The number of Topliss-reactive ketones (excluding diaryl/α,β-unsaturated/α-hetero) is 1. The molecule has 2 nitrogen and oxygen atoms in total. The third-order valence-corrected chi connectivity index (χ3v) is 2.82. The summed E-state index contributed by atoms with van der Waals surface area (Å²) in [5.41, 5.74) is -0.213. The van der Waals surface area contributed by atoms with E-state index in [2.05, 4.69) is 10.8 Å². The summed E-state index contributed by atoms with van der Waals surface area (Å²) in [6, 6.07) is 0. The van der Waals surface area contributed by atoms with Crippen molar-refractivity contribution < 1.29 is 4.79 Å². The van der Waals surface area contributed by atoms with Gasteiger partial charge in [-0.3, -0.25) is 9.69 Å². The molecule has 13 heavy (non-hydrogen) atoms. The van der Waals surface area contributed by atoms with Gasteiger partial charge in [0.05, 0.1) is 5.54 Å². The molecule has 0 N–H and O–H groups in total. The van der Waals surface area contributed by atoms with Gasteiger partial charge in [-0.05, 0) is 13.8 Å². The summed E-state index contributed by atoms with van der Waals surface area (Å²) in [4.78, 5) is 13.5. The average Bonchev–Trinajstić information content (AvgIpc) is 2.09. The van der Waals surface area contributed by atoms with Crippen LogP contribution in [-0.2, 0) is 4.79 Å². The van der Waals surface area contributed by atoms with E-state index >= 15 is 0 Å². The van der Waals surface area contributed by atoms with Crippen molar-refractivity contribution in [3.05, 3.63) is 0 Å². The summed E-state index contributed by atoms with van der Waals surface area (Å²) in [7, 11) is 0. The second-order valence-corrected chi connectivity index (χ2v) is 4.27. The van der Waals surface area contributed by atoms with Crippen LogP contribution in [0, 0.1) is 18.3 Å². The number of ketones is 1. The summed E-state index contributed by atoms with van der Waals surface area (Å²) in [5.74, 6) is 3.27. The van der Waals surface area contributed by atoms with Crippen LogP contribution in [0.5, 0.6) is 0 Å². The van der Waals surface area contributed by atoms with E-state index in [-0.39, 0.29) is 11.5 Å². The van der Waals surface area contributed by atoms with E-state index < -0.39 is 0 Å². The molecule has 0 aromatic carbocycles. The normalized spacial score (nSPS) is 25.7. The third-order valence-electron chi connectivity index (χ3n) is 2.82. The number of carbonyl (C=O) groups excluding carboxylic acids is 1. The highest BCUT2D eigenvalue weighted by molar-refractivity contribution is 5.81. The average molecular weight is 179 g/mol. The molecule has 72 valence electrons. The first-order valence-corrected chi connectivity index (χ1v) is 4.73. The zero-order valence-electron chi connectivity index (χ0n) is 8.63. The van der Waals surface area contributed by atoms with E-state index in [1.165, 1.54) is 0 Å². The Labute approximate surface area is 80.3 Å². The minimum atomic E-state index is -0.213. The van der Waals surface area contributed by atoms with Crippen molar-refractivity contribution in [2.45, 2.75) is 32.7 Å². The summed E-state index contributed by atoms with van der Waals surface area (Å²) in [5, 5.41) is 0. The molecule has 1 fully saturated rings. The van der Waals surface area contributed by atoms with Gasteiger partial charge in [0.15, 0.2) is 0 Å². The first-order chi connectivity index (χ1) is 5.97. The monoisotopic (exact) mass is 179 g/mol. The molecule has 0 aromatic rings. The summed E-state index contributed by atoms with van der Waals surface area (Å²) in [6.45, 7) is 7.63. The Morgan fingerprint density at radius 1 is 1.62 bits per heavy atom. The minimum Gasteiger partial charge on any atom is -0.299 e. The van der Waals surface area contributed by atoms with E-state index in [1.807, 2.05) is 20.8 Å². The van der Waals surface area contributed by atoms with Crippen molar-refractivity contribution in [2.24, 2.45) is 5.92 Å². The summed E-state index contributed by atoms with van der Waals surface area (Å²) >= 11 is 0. The molecule has 1 aliphatic rings. The number of nitrogens with zero attached hydrogens (tertiary/aromatic N) is 1. The van der Waals surface area contributed by atoms with E-state index in [1.54, 1.807) is 0 Å². The lowest BCUT2D eigenvalue weighted by molar-refractivity contribution is -0.126. The van der Waals surface area contributed by atoms with Crippen molar-refractivity contribution in [1.82, 2.24) is 4.90 Å². The molecule has 1 aliphatic heterocycles. The van der Waals surface area contributed by atoms with Gasteiger partial charge in [0, 0.05) is 25.4 Å². The Morgan fingerprint density at radius 2 is 2.23 bits per heavy atom. The van der Waals surface area contributed by atoms with Gasteiger partial charge in [-0.15, -0.1) is 6.42 Å². The lowest BCUT2D eigenvalue weighted by Gasteiger charge is -2.39. The van der Waals surface area contributed by atoms with Crippen LogP contribution >= 0.6 is 0 Å². The largest absolute Gasteiger partial charge is 0.299 e. The molecule has 1 heterocycles. The Kier molecular flexibility index (Phi) is 2.77. The molecule has 0 aliphatic carbocycles. The van der Waals surface area contributed by atoms with E-state index in [0.717, 1.165) is 13.1 Å². The SMILES string of the molecule is C#CC(C)(C)N1CCC(=O)C(C)C1. The highest BCUT2D eigenvalue weighted by atomic mass is 16.1. The molecule has 1 unspecified atom stereocenters. The van der Waals surface area contributed by atoms with Crippen molar-refractivity contribution >= 4 is 5.78 Å². The maximum Gasteiger partial charge on any atom is 0.138 e. The van der Waals surface area contributed by atoms with E-state index in [0.29, 0.717) is 12.2 Å². The number of carbonyl (C=O) groups is 1. The van der Waals surface area contributed by atoms with Crippen LogP contribution in [0.2, 0.25) is 0 Å². The van der Waals surface area contributed by atoms with Gasteiger partial charge in [0.1, 0.15) is 5.78 Å². The molecule has 2 heteroatoms. The predicted octanol–water partition coefficient (Wildman–Crippen LogP) is 1.31. The van der Waals surface area contributed by atoms with Gasteiger partial charge >= 0.3 is 0 Å². The van der Waals surface area contributed by atoms with E-state index in [4.69, 9.17) is 6.42 Å². The molecule has 0 amide bonds. The Balaban J connectivity index is 2.66. The fraction of sp³-hybridized carbons (Fsp3) is 0.727. The zero-order valence-corrected chi connectivity index (χ0v) is 8.63. The number of rotatable bonds is 1. The Hall–Kier alpha value is -0.810. The summed E-state index contributed by atoms with van der Waals surface area (Å²) in [6.07, 6.45) is 6.09. The van der Waals surface area contributed by atoms with Crippen LogP contribution in [0.3, 0.4) is 0 Å². The molecule has 1 saturated heterocycles. The lowest BCUT2D eigenvalue weighted by Crippen LogP contribution is -2.50. The second-order valence-electron chi connectivity index (χ2n) is 4.27. The molecule has 0 spiro atoms. The maximum atomic E-state index is 11.3. The topological polar surface area (TPSA) is 20.3 Å². The third kappa shape index (κ3) is 2.10. The Bertz CT molecular complexity index is 249. The van der Waals surface area contributed by atoms with Gasteiger partial charge in [-0.2, -0.15) is 0 Å². The van der Waals surface area contributed by atoms with Crippen molar-refractivity contribution in [3.63, 3.8) is 0 Å². The fourth-order valence-corrected chi connectivity index (χ4v) is 1.61. The van der Waals surface area contributed by atoms with Crippen LogP contribution in [0.15, 0.2) is 0 Å². The molecule has 0 aromatic heterocycles. The first-order valence-electron chi connectivity index (χ1n) is 4.73. The number of hydrogen-bond acceptors (Lipinski definition) is 2. The molecule has 0 saturated carbocycles. The fourth-order valence-electron chi connectivity index (χ4n) is 1.61. The van der Waals surface area contributed by atoms with E-state index in [9.17, 15) is 4.79 Å². The number of piperidine rings is 1. The van der Waals surface area contributed by atoms with Crippen LogP contribution < -0.4 is 0 Å². The quantitative estimate of drug-likeness (QED) is 0.566. The van der Waals surface area contributed by atoms with Gasteiger partial charge < -0.3 is 0 Å². The van der Waals surface area contributed by atoms with Crippen molar-refractivity contribution in [2.75, 3.05) is 13.1 Å². The van der Waals surface area contributed by atoms with Gasteiger partial charge in [-0.1, -0.05) is 12.8 Å². The first kappa shape index (κ1) is 10.3. The van der Waals surface area contributed by atoms with Crippen molar-refractivity contribution in [1.29, 1.82) is 0 Å². The Morgan fingerprint density at radius 3 is 2.69 bits per heavy atom. The van der Waals surface area contributed by atoms with Crippen LogP contribution in [-0.4, -0.2) is 29.3 Å². The maximum absolute atomic E-state index is 11.3. The molecule has 1 rings (SSSR count). The summed E-state index contributed by atoms with van der Waals surface area (Å²) < 4.78 is 0. The molecule has 1 atom stereocenters. The molecular formula is C11H17NO. The molecular weight excluding hydrogens is 162 g/mol. The minimum absolute atomic E-state index is 0.140. The predicted molar refractivity (Wildman–Crippen MR) is 53.3 cm³/mol. The zero-order chi connectivity index (χ0) is 10.1. The smallest absolute Gasteiger partial charge is 0.138 e. The molecule has 0 bridgehead atoms. The van der Waals surface area contributed by atoms with Crippen LogP contribution in [0.1, 0.15) is 27.2 Å². The number of terminal acetylenes is 1.